The van der Waals surface area contributed by atoms with E-state index in [0.717, 1.165) is 48.3 Å². The van der Waals surface area contributed by atoms with Gasteiger partial charge in [0, 0.05) is 23.6 Å². The number of esters is 1. The Bertz CT molecular complexity index is 994. The Kier molecular flexibility index (Phi) is 8.00. The summed E-state index contributed by atoms with van der Waals surface area (Å²) in [6.45, 7) is 0.0873. The van der Waals surface area contributed by atoms with E-state index in [1.54, 1.807) is 7.11 Å². The number of rotatable bonds is 8. The monoisotopic (exact) mass is 468 g/mol. The summed E-state index contributed by atoms with van der Waals surface area (Å²) in [4.78, 5) is 38.3. The second-order valence-corrected chi connectivity index (χ2v) is 8.45. The number of carbonyl (C=O) groups excluding carboxylic acids is 3. The molecule has 1 aliphatic carbocycles. The number of hydrogen-bond donors (Lipinski definition) is 2. The molecule has 1 aromatic heterocycles. The number of anilines is 1. The van der Waals surface area contributed by atoms with Crippen LogP contribution in [-0.4, -0.2) is 44.7 Å². The zero-order valence-electron chi connectivity index (χ0n) is 16.9. The maximum absolute atomic E-state index is 13.8. The zero-order valence-corrected chi connectivity index (χ0v) is 18.5. The van der Waals surface area contributed by atoms with Crippen LogP contribution in [0.5, 0.6) is 0 Å². The van der Waals surface area contributed by atoms with Crippen LogP contribution in [0.1, 0.15) is 44.0 Å². The minimum atomic E-state index is -1.00. The average molecular weight is 469 g/mol. The second kappa shape index (κ2) is 10.7. The molecule has 0 aliphatic heterocycles. The predicted octanol–water partition coefficient (Wildman–Crippen LogP) is 3.59. The summed E-state index contributed by atoms with van der Waals surface area (Å²) in [5.41, 5.74) is 1.03. The first-order valence-electron chi connectivity index (χ1n) is 9.74. The molecule has 0 spiro atoms. The number of nitrogens with one attached hydrogen (secondary N) is 2. The second-order valence-electron chi connectivity index (χ2n) is 6.91. The summed E-state index contributed by atoms with van der Waals surface area (Å²) in [7, 11) is 1.54. The summed E-state index contributed by atoms with van der Waals surface area (Å²) in [5.74, 6) is -2.71. The molecule has 0 bridgehead atoms. The highest BCUT2D eigenvalue weighted by Gasteiger charge is 2.26. The molecule has 0 radical (unpaired) electrons. The molecular formula is C21H22ClFN2O5S. The molecule has 7 nitrogen and oxygen atoms in total. The number of aryl methyl sites for hydroxylation is 1. The molecule has 166 valence electrons. The molecule has 2 N–H and O–H groups in total. The van der Waals surface area contributed by atoms with Crippen LogP contribution in [0.15, 0.2) is 18.2 Å². The van der Waals surface area contributed by atoms with Crippen molar-refractivity contribution in [2.75, 3.05) is 32.2 Å². The third-order valence-corrected chi connectivity index (χ3v) is 6.17. The lowest BCUT2D eigenvalue weighted by molar-refractivity contribution is -0.119. The maximum atomic E-state index is 13.8. The molecule has 2 aromatic rings. The molecule has 2 amide bonds. The third kappa shape index (κ3) is 5.81. The Morgan fingerprint density at radius 3 is 2.77 bits per heavy atom. The highest BCUT2D eigenvalue weighted by Crippen LogP contribution is 2.38. The molecule has 10 heteroatoms. The lowest BCUT2D eigenvalue weighted by atomic mass is 9.95. The van der Waals surface area contributed by atoms with Gasteiger partial charge in [0.05, 0.1) is 17.7 Å². The van der Waals surface area contributed by atoms with Gasteiger partial charge in [0.15, 0.2) is 6.61 Å². The predicted molar refractivity (Wildman–Crippen MR) is 115 cm³/mol. The van der Waals surface area contributed by atoms with Crippen LogP contribution >= 0.6 is 22.9 Å². The third-order valence-electron chi connectivity index (χ3n) is 4.73. The molecule has 0 unspecified atom stereocenters. The molecule has 0 saturated heterocycles. The van der Waals surface area contributed by atoms with Gasteiger partial charge in [0.1, 0.15) is 10.8 Å². The number of thiophene rings is 1. The van der Waals surface area contributed by atoms with Crippen LogP contribution < -0.4 is 10.6 Å². The van der Waals surface area contributed by atoms with E-state index in [-0.39, 0.29) is 16.5 Å². The Hall–Kier alpha value is -2.49. The van der Waals surface area contributed by atoms with Crippen LogP contribution in [0.25, 0.3) is 0 Å². The highest BCUT2D eigenvalue weighted by atomic mass is 35.5. The Labute approximate surface area is 187 Å². The summed E-state index contributed by atoms with van der Waals surface area (Å²) in [6, 6.07) is 3.48. The van der Waals surface area contributed by atoms with E-state index in [0.29, 0.717) is 23.7 Å². The van der Waals surface area contributed by atoms with Gasteiger partial charge in [-0.1, -0.05) is 11.6 Å². The summed E-state index contributed by atoms with van der Waals surface area (Å²) >= 11 is 7.13. The van der Waals surface area contributed by atoms with Crippen LogP contribution in [-0.2, 0) is 27.1 Å². The van der Waals surface area contributed by atoms with Crippen molar-refractivity contribution < 1.29 is 28.2 Å². The van der Waals surface area contributed by atoms with Gasteiger partial charge in [-0.2, -0.15) is 0 Å². The largest absolute Gasteiger partial charge is 0.452 e. The fourth-order valence-corrected chi connectivity index (χ4v) is 4.75. The average Bonchev–Trinajstić information content (AvgIpc) is 3.11. The first kappa shape index (κ1) is 23.2. The fraction of sp³-hybridized carbons (Fsp3) is 0.381. The zero-order chi connectivity index (χ0) is 22.4. The van der Waals surface area contributed by atoms with Crippen LogP contribution in [0.3, 0.4) is 0 Å². The molecule has 0 saturated carbocycles. The molecule has 1 aliphatic rings. The summed E-state index contributed by atoms with van der Waals surface area (Å²) < 4.78 is 23.7. The van der Waals surface area contributed by atoms with Crippen LogP contribution in [0, 0.1) is 5.82 Å². The standard InChI is InChI=1S/C21H22ClFN2O5S/c1-29-9-8-24-19(27)18-13-4-2-3-5-16(13)31-20(18)25-17(26)11-30-21(28)14-10-12(22)6-7-15(14)23/h6-7,10H,2-5,8-9,11H2,1H3,(H,24,27)(H,25,26). The van der Waals surface area contributed by atoms with E-state index in [1.807, 2.05) is 0 Å². The minimum absolute atomic E-state index is 0.172. The van der Waals surface area contributed by atoms with Gasteiger partial charge in [-0.15, -0.1) is 11.3 Å². The van der Waals surface area contributed by atoms with Gasteiger partial charge in [0.2, 0.25) is 0 Å². The van der Waals surface area contributed by atoms with E-state index < -0.39 is 24.3 Å². The van der Waals surface area contributed by atoms with Gasteiger partial charge in [-0.25, -0.2) is 9.18 Å². The molecule has 31 heavy (non-hydrogen) atoms. The number of amides is 2. The highest BCUT2D eigenvalue weighted by molar-refractivity contribution is 7.17. The van der Waals surface area contributed by atoms with E-state index in [9.17, 15) is 18.8 Å². The Balaban J connectivity index is 1.69. The van der Waals surface area contributed by atoms with Gasteiger partial charge in [0.25, 0.3) is 11.8 Å². The topological polar surface area (TPSA) is 93.7 Å². The molecule has 1 aromatic carbocycles. The Morgan fingerprint density at radius 2 is 2.00 bits per heavy atom. The molecular weight excluding hydrogens is 447 g/mol. The van der Waals surface area contributed by atoms with E-state index in [2.05, 4.69) is 10.6 Å². The maximum Gasteiger partial charge on any atom is 0.341 e. The van der Waals surface area contributed by atoms with Crippen LogP contribution in [0.4, 0.5) is 9.39 Å². The first-order valence-corrected chi connectivity index (χ1v) is 10.9. The van der Waals surface area contributed by atoms with Crippen molar-refractivity contribution >= 4 is 45.7 Å². The minimum Gasteiger partial charge on any atom is -0.452 e. The van der Waals surface area contributed by atoms with Gasteiger partial charge in [-0.05, 0) is 49.4 Å². The van der Waals surface area contributed by atoms with Crippen molar-refractivity contribution in [1.82, 2.24) is 5.32 Å². The van der Waals surface area contributed by atoms with Crippen molar-refractivity contribution in [2.45, 2.75) is 25.7 Å². The van der Waals surface area contributed by atoms with Gasteiger partial charge < -0.3 is 20.1 Å². The van der Waals surface area contributed by atoms with Crippen molar-refractivity contribution in [3.8, 4) is 0 Å². The summed E-state index contributed by atoms with van der Waals surface area (Å²) in [5, 5.41) is 6.03. The van der Waals surface area contributed by atoms with Crippen LogP contribution in [0.2, 0.25) is 5.02 Å². The van der Waals surface area contributed by atoms with Gasteiger partial charge >= 0.3 is 5.97 Å². The molecule has 1 heterocycles. The number of methoxy groups -OCH3 is 1. The van der Waals surface area contributed by atoms with E-state index in [1.165, 1.54) is 17.4 Å². The molecule has 3 rings (SSSR count). The molecule has 0 atom stereocenters. The SMILES string of the molecule is COCCNC(=O)c1c(NC(=O)COC(=O)c2cc(Cl)ccc2F)sc2c1CCCC2. The number of halogens is 2. The summed E-state index contributed by atoms with van der Waals surface area (Å²) in [6.07, 6.45) is 3.60. The Morgan fingerprint density at radius 1 is 1.23 bits per heavy atom. The van der Waals surface area contributed by atoms with Gasteiger partial charge in [-0.3, -0.25) is 9.59 Å². The number of hydrogen-bond acceptors (Lipinski definition) is 6. The number of carbonyl (C=O) groups is 3. The van der Waals surface area contributed by atoms with Crippen molar-refractivity contribution in [3.05, 3.63) is 50.6 Å². The normalized spacial score (nSPS) is 12.7. The fourth-order valence-electron chi connectivity index (χ4n) is 3.27. The van der Waals surface area contributed by atoms with Crippen molar-refractivity contribution in [2.24, 2.45) is 0 Å². The molecule has 0 fully saturated rings. The quantitative estimate of drug-likeness (QED) is 0.456. The van der Waals surface area contributed by atoms with Crippen molar-refractivity contribution in [3.63, 3.8) is 0 Å². The number of ether oxygens (including phenoxy) is 2. The number of fused-ring (bicyclic) bond motifs is 1. The lowest BCUT2D eigenvalue weighted by Gasteiger charge is -2.13. The van der Waals surface area contributed by atoms with E-state index >= 15 is 0 Å². The number of benzene rings is 1. The smallest absolute Gasteiger partial charge is 0.341 e. The van der Waals surface area contributed by atoms with E-state index in [4.69, 9.17) is 21.1 Å². The first-order chi connectivity index (χ1) is 14.9. The van der Waals surface area contributed by atoms with Crippen molar-refractivity contribution in [1.29, 1.82) is 0 Å². The lowest BCUT2D eigenvalue weighted by Crippen LogP contribution is -2.29.